The first-order valence-electron chi connectivity index (χ1n) is 5.55. The molecule has 0 bridgehead atoms. The molecule has 18 heavy (non-hydrogen) atoms. The Morgan fingerprint density at radius 3 is 2.56 bits per heavy atom. The Kier molecular flexibility index (Phi) is 4.11. The van der Waals surface area contributed by atoms with Gasteiger partial charge >= 0.3 is 0 Å². The molecule has 0 spiro atoms. The van der Waals surface area contributed by atoms with Gasteiger partial charge in [0, 0.05) is 14.3 Å². The van der Waals surface area contributed by atoms with E-state index in [4.69, 9.17) is 0 Å². The van der Waals surface area contributed by atoms with Crippen LogP contribution in [0.3, 0.4) is 0 Å². The fourth-order valence-electron chi connectivity index (χ4n) is 1.73. The largest absolute Gasteiger partial charge is 0.192 e. The molecule has 0 amide bonds. The molecule has 2 aromatic rings. The summed E-state index contributed by atoms with van der Waals surface area (Å²) in [5.74, 6) is 0. The van der Waals surface area contributed by atoms with Crippen LogP contribution in [0.2, 0.25) is 0 Å². The highest BCUT2D eigenvalue weighted by atomic mass is 79.9. The normalized spacial score (nSPS) is 10.1. The number of nitriles is 1. The van der Waals surface area contributed by atoms with Crippen LogP contribution in [0.4, 0.5) is 0 Å². The molecule has 2 aromatic carbocycles. The van der Waals surface area contributed by atoms with E-state index in [2.05, 4.69) is 54.0 Å². The second kappa shape index (κ2) is 5.60. The molecule has 0 radical (unpaired) electrons. The maximum Gasteiger partial charge on any atom is 0.102 e. The van der Waals surface area contributed by atoms with E-state index < -0.39 is 0 Å². The molecule has 1 nitrogen and oxygen atoms in total. The number of rotatable bonds is 2. The van der Waals surface area contributed by atoms with Crippen molar-refractivity contribution < 1.29 is 0 Å². The van der Waals surface area contributed by atoms with Crippen LogP contribution in [0.15, 0.2) is 50.7 Å². The Balaban J connectivity index is 2.41. The van der Waals surface area contributed by atoms with Gasteiger partial charge in [0.05, 0.1) is 5.56 Å². The molecule has 0 fully saturated rings. The second-order valence-corrected chi connectivity index (χ2v) is 6.03. The molecule has 90 valence electrons. The van der Waals surface area contributed by atoms with Crippen LogP contribution in [-0.4, -0.2) is 0 Å². The molecule has 0 saturated heterocycles. The van der Waals surface area contributed by atoms with Crippen LogP contribution in [0.1, 0.15) is 16.7 Å². The summed E-state index contributed by atoms with van der Waals surface area (Å²) in [5, 5.41) is 9.20. The van der Waals surface area contributed by atoms with Gasteiger partial charge in [-0.05, 0) is 53.5 Å². The monoisotopic (exact) mass is 317 g/mol. The van der Waals surface area contributed by atoms with Gasteiger partial charge in [0.1, 0.15) is 6.07 Å². The minimum Gasteiger partial charge on any atom is -0.192 e. The average Bonchev–Trinajstić information content (AvgIpc) is 2.33. The lowest BCUT2D eigenvalue weighted by Crippen LogP contribution is -1.86. The Bertz CT molecular complexity index is 629. The minimum absolute atomic E-state index is 0.697. The molecule has 0 unspecified atom stereocenters. The van der Waals surface area contributed by atoms with Gasteiger partial charge in [-0.3, -0.25) is 0 Å². The number of aryl methyl sites for hydroxylation is 2. The van der Waals surface area contributed by atoms with Crippen molar-refractivity contribution in [3.05, 3.63) is 57.6 Å². The van der Waals surface area contributed by atoms with E-state index >= 15 is 0 Å². The maximum absolute atomic E-state index is 9.20. The van der Waals surface area contributed by atoms with Gasteiger partial charge in [-0.1, -0.05) is 35.5 Å². The lowest BCUT2D eigenvalue weighted by Gasteiger charge is -2.08. The van der Waals surface area contributed by atoms with Crippen molar-refractivity contribution in [2.45, 2.75) is 23.6 Å². The first-order valence-corrected chi connectivity index (χ1v) is 7.16. The molecule has 0 heterocycles. The summed E-state index contributed by atoms with van der Waals surface area (Å²) in [6, 6.07) is 14.4. The third kappa shape index (κ3) is 2.77. The number of benzene rings is 2. The lowest BCUT2D eigenvalue weighted by atomic mass is 10.2. The summed E-state index contributed by atoms with van der Waals surface area (Å²) in [7, 11) is 0. The smallest absolute Gasteiger partial charge is 0.102 e. The maximum atomic E-state index is 9.20. The number of nitrogens with zero attached hydrogens (tertiary/aromatic N) is 1. The molecule has 3 heteroatoms. The highest BCUT2D eigenvalue weighted by Crippen LogP contribution is 2.35. The van der Waals surface area contributed by atoms with Crippen molar-refractivity contribution in [1.29, 1.82) is 5.26 Å². The molecule has 2 rings (SSSR count). The van der Waals surface area contributed by atoms with Crippen molar-refractivity contribution in [2.75, 3.05) is 0 Å². The van der Waals surface area contributed by atoms with Crippen molar-refractivity contribution in [2.24, 2.45) is 0 Å². The van der Waals surface area contributed by atoms with Crippen LogP contribution in [0.5, 0.6) is 0 Å². The van der Waals surface area contributed by atoms with Crippen LogP contribution >= 0.6 is 27.7 Å². The van der Waals surface area contributed by atoms with Crippen molar-refractivity contribution in [1.82, 2.24) is 0 Å². The Labute approximate surface area is 120 Å². The van der Waals surface area contributed by atoms with Crippen LogP contribution in [0, 0.1) is 25.2 Å². The molecular formula is C15H12BrNS. The lowest BCUT2D eigenvalue weighted by molar-refractivity contribution is 1.25. The van der Waals surface area contributed by atoms with E-state index in [1.54, 1.807) is 11.8 Å². The van der Waals surface area contributed by atoms with Crippen molar-refractivity contribution in [3.8, 4) is 6.07 Å². The minimum atomic E-state index is 0.697. The topological polar surface area (TPSA) is 23.8 Å². The first-order chi connectivity index (χ1) is 8.61. The Hall–Kier alpha value is -1.24. The molecule has 0 atom stereocenters. The quantitative estimate of drug-likeness (QED) is 0.770. The van der Waals surface area contributed by atoms with Gasteiger partial charge in [-0.2, -0.15) is 5.26 Å². The predicted molar refractivity (Wildman–Crippen MR) is 78.9 cm³/mol. The van der Waals surface area contributed by atoms with Crippen LogP contribution in [-0.2, 0) is 0 Å². The van der Waals surface area contributed by atoms with Gasteiger partial charge < -0.3 is 0 Å². The van der Waals surface area contributed by atoms with E-state index in [9.17, 15) is 5.26 Å². The van der Waals surface area contributed by atoms with Crippen molar-refractivity contribution in [3.63, 3.8) is 0 Å². The van der Waals surface area contributed by atoms with Crippen LogP contribution < -0.4 is 0 Å². The molecular weight excluding hydrogens is 306 g/mol. The molecule has 0 N–H and O–H groups in total. The number of hydrogen-bond acceptors (Lipinski definition) is 2. The highest BCUT2D eigenvalue weighted by Gasteiger charge is 2.08. The fourth-order valence-corrected chi connectivity index (χ4v) is 3.31. The fraction of sp³-hybridized carbons (Fsp3) is 0.133. The van der Waals surface area contributed by atoms with E-state index in [0.717, 1.165) is 9.37 Å². The Morgan fingerprint density at radius 2 is 1.89 bits per heavy atom. The third-order valence-corrected chi connectivity index (χ3v) is 4.54. The number of halogens is 1. The standard InChI is InChI=1S/C15H12BrNS/c1-10-6-7-14(11(2)8-10)18-15-5-3-4-13(16)12(15)9-17/h3-8H,1-2H3. The zero-order valence-electron chi connectivity index (χ0n) is 10.2. The summed E-state index contributed by atoms with van der Waals surface area (Å²) in [5.41, 5.74) is 3.19. The average molecular weight is 318 g/mol. The molecule has 0 saturated carbocycles. The van der Waals surface area contributed by atoms with E-state index in [1.165, 1.54) is 16.0 Å². The van der Waals surface area contributed by atoms with Gasteiger partial charge in [-0.15, -0.1) is 0 Å². The van der Waals surface area contributed by atoms with E-state index in [0.29, 0.717) is 5.56 Å². The SMILES string of the molecule is Cc1ccc(Sc2cccc(Br)c2C#N)c(C)c1. The van der Waals surface area contributed by atoms with E-state index in [-0.39, 0.29) is 0 Å². The molecule has 0 aliphatic rings. The summed E-state index contributed by atoms with van der Waals surface area (Å²) in [6.45, 7) is 4.18. The van der Waals surface area contributed by atoms with Gasteiger partial charge in [-0.25, -0.2) is 0 Å². The zero-order valence-corrected chi connectivity index (χ0v) is 12.6. The van der Waals surface area contributed by atoms with E-state index in [1.807, 2.05) is 18.2 Å². The summed E-state index contributed by atoms with van der Waals surface area (Å²) in [4.78, 5) is 2.18. The number of hydrogen-bond donors (Lipinski definition) is 0. The Morgan fingerprint density at radius 1 is 1.11 bits per heavy atom. The van der Waals surface area contributed by atoms with Gasteiger partial charge in [0.25, 0.3) is 0 Å². The highest BCUT2D eigenvalue weighted by molar-refractivity contribution is 9.10. The van der Waals surface area contributed by atoms with Gasteiger partial charge in [0.2, 0.25) is 0 Å². The first kappa shape index (κ1) is 13.2. The van der Waals surface area contributed by atoms with Crippen LogP contribution in [0.25, 0.3) is 0 Å². The summed E-state index contributed by atoms with van der Waals surface area (Å²) < 4.78 is 0.847. The van der Waals surface area contributed by atoms with Crippen molar-refractivity contribution >= 4 is 27.7 Å². The summed E-state index contributed by atoms with van der Waals surface area (Å²) >= 11 is 5.05. The third-order valence-electron chi connectivity index (χ3n) is 2.64. The zero-order chi connectivity index (χ0) is 13.1. The molecule has 0 aliphatic carbocycles. The molecule has 0 aromatic heterocycles. The predicted octanol–water partition coefficient (Wildman–Crippen LogP) is 5.09. The van der Waals surface area contributed by atoms with Gasteiger partial charge in [0.15, 0.2) is 0 Å². The second-order valence-electron chi connectivity index (χ2n) is 4.10. The molecule has 0 aliphatic heterocycles. The summed E-state index contributed by atoms with van der Waals surface area (Å²) in [6.07, 6.45) is 0.